The third kappa shape index (κ3) is 4.70. The number of amides is 1. The van der Waals surface area contributed by atoms with E-state index >= 15 is 0 Å². The van der Waals surface area contributed by atoms with Gasteiger partial charge in [0.2, 0.25) is 5.91 Å². The molecule has 20 heavy (non-hydrogen) atoms. The summed E-state index contributed by atoms with van der Waals surface area (Å²) in [6.45, 7) is 0.364. The highest BCUT2D eigenvalue weighted by atomic mass is 127. The lowest BCUT2D eigenvalue weighted by molar-refractivity contribution is -0.111. The van der Waals surface area contributed by atoms with Gasteiger partial charge in [-0.2, -0.15) is 0 Å². The minimum atomic E-state index is -0.161. The van der Waals surface area contributed by atoms with Crippen LogP contribution in [0.15, 0.2) is 66.7 Å². The topological polar surface area (TPSA) is 38.3 Å². The van der Waals surface area contributed by atoms with E-state index in [2.05, 4.69) is 27.9 Å². The number of rotatable bonds is 5. The first-order valence-electron chi connectivity index (χ1n) is 6.15. The van der Waals surface area contributed by atoms with Crippen molar-refractivity contribution in [1.82, 2.24) is 0 Å². The summed E-state index contributed by atoms with van der Waals surface area (Å²) < 4.78 is 6.47. The van der Waals surface area contributed by atoms with E-state index in [1.807, 2.05) is 54.6 Å². The monoisotopic (exact) mass is 379 g/mol. The first-order valence-corrected chi connectivity index (χ1v) is 7.23. The quantitative estimate of drug-likeness (QED) is 0.633. The number of carbonyl (C=O) groups excluding carboxylic acids is 1. The summed E-state index contributed by atoms with van der Waals surface area (Å²) in [7, 11) is 0. The summed E-state index contributed by atoms with van der Waals surface area (Å²) >= 11 is 2.18. The van der Waals surface area contributed by atoms with Gasteiger partial charge in [-0.1, -0.05) is 30.3 Å². The zero-order valence-corrected chi connectivity index (χ0v) is 12.9. The van der Waals surface area contributed by atoms with E-state index in [0.29, 0.717) is 6.61 Å². The molecule has 0 aliphatic carbocycles. The lowest BCUT2D eigenvalue weighted by Gasteiger charge is -2.04. The number of ether oxygens (including phenoxy) is 1. The Labute approximate surface area is 131 Å². The molecule has 0 aromatic heterocycles. The molecule has 0 radical (unpaired) electrons. The van der Waals surface area contributed by atoms with Crippen LogP contribution in [0.4, 0.5) is 5.69 Å². The first-order chi connectivity index (χ1) is 9.75. The number of para-hydroxylation sites is 2. The average Bonchev–Trinajstić information content (AvgIpc) is 2.47. The molecule has 4 heteroatoms. The predicted octanol–water partition coefficient (Wildman–Crippen LogP) is 3.86. The van der Waals surface area contributed by atoms with Crippen molar-refractivity contribution in [2.24, 2.45) is 0 Å². The second-order valence-electron chi connectivity index (χ2n) is 4.00. The molecule has 3 nitrogen and oxygen atoms in total. The standard InChI is InChI=1S/C16H14INO2/c17-14-9-4-5-10-15(14)18-16(19)11-6-12-20-13-7-2-1-3-8-13/h1-11H,12H2,(H,18,19). The van der Waals surface area contributed by atoms with E-state index in [0.717, 1.165) is 15.0 Å². The van der Waals surface area contributed by atoms with Gasteiger partial charge in [0.15, 0.2) is 0 Å². The molecule has 0 saturated heterocycles. The second kappa shape index (κ2) is 7.69. The molecule has 102 valence electrons. The van der Waals surface area contributed by atoms with Crippen molar-refractivity contribution in [2.75, 3.05) is 11.9 Å². The van der Waals surface area contributed by atoms with E-state index in [1.165, 1.54) is 6.08 Å². The zero-order chi connectivity index (χ0) is 14.2. The highest BCUT2D eigenvalue weighted by molar-refractivity contribution is 14.1. The Morgan fingerprint density at radius 2 is 1.80 bits per heavy atom. The Kier molecular flexibility index (Phi) is 5.61. The van der Waals surface area contributed by atoms with Crippen molar-refractivity contribution >= 4 is 34.2 Å². The Balaban J connectivity index is 1.80. The molecular formula is C16H14INO2. The van der Waals surface area contributed by atoms with Crippen LogP contribution in [-0.2, 0) is 4.79 Å². The molecule has 0 aliphatic rings. The summed E-state index contributed by atoms with van der Waals surface area (Å²) in [5.74, 6) is 0.626. The van der Waals surface area contributed by atoms with Crippen molar-refractivity contribution in [3.8, 4) is 5.75 Å². The summed E-state index contributed by atoms with van der Waals surface area (Å²) in [6.07, 6.45) is 3.17. The number of halogens is 1. The smallest absolute Gasteiger partial charge is 0.248 e. The molecule has 0 unspecified atom stereocenters. The molecule has 1 amide bonds. The van der Waals surface area contributed by atoms with Gasteiger partial charge in [-0.25, -0.2) is 0 Å². The number of benzene rings is 2. The molecule has 2 aromatic rings. The summed E-state index contributed by atoms with van der Waals surface area (Å²) in [5, 5.41) is 2.82. The largest absolute Gasteiger partial charge is 0.490 e. The van der Waals surface area contributed by atoms with Crippen molar-refractivity contribution < 1.29 is 9.53 Å². The minimum Gasteiger partial charge on any atom is -0.490 e. The minimum absolute atomic E-state index is 0.161. The Morgan fingerprint density at radius 3 is 2.55 bits per heavy atom. The van der Waals surface area contributed by atoms with Gasteiger partial charge in [-0.3, -0.25) is 4.79 Å². The molecule has 2 rings (SSSR count). The zero-order valence-electron chi connectivity index (χ0n) is 10.8. The summed E-state index contributed by atoms with van der Waals surface area (Å²) in [4.78, 5) is 11.7. The molecule has 0 fully saturated rings. The van der Waals surface area contributed by atoms with Gasteiger partial charge in [-0.05, 0) is 52.9 Å². The van der Waals surface area contributed by atoms with E-state index in [1.54, 1.807) is 6.08 Å². The van der Waals surface area contributed by atoms with Crippen LogP contribution >= 0.6 is 22.6 Å². The van der Waals surface area contributed by atoms with Gasteiger partial charge in [-0.15, -0.1) is 0 Å². The Morgan fingerprint density at radius 1 is 1.10 bits per heavy atom. The molecule has 2 aromatic carbocycles. The van der Waals surface area contributed by atoms with Crippen molar-refractivity contribution in [3.63, 3.8) is 0 Å². The van der Waals surface area contributed by atoms with Gasteiger partial charge in [0.25, 0.3) is 0 Å². The van der Waals surface area contributed by atoms with E-state index < -0.39 is 0 Å². The number of nitrogens with one attached hydrogen (secondary N) is 1. The lowest BCUT2D eigenvalue weighted by Crippen LogP contribution is -2.09. The van der Waals surface area contributed by atoms with E-state index in [-0.39, 0.29) is 5.91 Å². The highest BCUT2D eigenvalue weighted by Gasteiger charge is 2.00. The third-order valence-corrected chi connectivity index (χ3v) is 3.43. The highest BCUT2D eigenvalue weighted by Crippen LogP contribution is 2.16. The number of anilines is 1. The second-order valence-corrected chi connectivity index (χ2v) is 5.16. The lowest BCUT2D eigenvalue weighted by atomic mass is 10.3. The predicted molar refractivity (Wildman–Crippen MR) is 88.9 cm³/mol. The SMILES string of the molecule is O=C(C=CCOc1ccccc1)Nc1ccccc1I. The molecule has 1 N–H and O–H groups in total. The summed E-state index contributed by atoms with van der Waals surface area (Å²) in [5.41, 5.74) is 0.812. The maximum atomic E-state index is 11.7. The fourth-order valence-corrected chi connectivity index (χ4v) is 2.08. The number of hydrogen-bond acceptors (Lipinski definition) is 2. The van der Waals surface area contributed by atoms with Gasteiger partial charge in [0.05, 0.1) is 5.69 Å². The molecule has 0 heterocycles. The van der Waals surface area contributed by atoms with Gasteiger partial charge < -0.3 is 10.1 Å². The van der Waals surface area contributed by atoms with Crippen molar-refractivity contribution in [3.05, 3.63) is 70.3 Å². The average molecular weight is 379 g/mol. The van der Waals surface area contributed by atoms with Crippen LogP contribution in [0.3, 0.4) is 0 Å². The molecular weight excluding hydrogens is 365 g/mol. The molecule has 0 saturated carbocycles. The third-order valence-electron chi connectivity index (χ3n) is 2.49. The van der Waals surface area contributed by atoms with Crippen LogP contribution in [0.2, 0.25) is 0 Å². The van der Waals surface area contributed by atoms with Crippen LogP contribution < -0.4 is 10.1 Å². The first kappa shape index (κ1) is 14.6. The van der Waals surface area contributed by atoms with E-state index in [4.69, 9.17) is 4.74 Å². The van der Waals surface area contributed by atoms with Crippen LogP contribution in [0, 0.1) is 3.57 Å². The number of carbonyl (C=O) groups is 1. The van der Waals surface area contributed by atoms with Crippen molar-refractivity contribution in [1.29, 1.82) is 0 Å². The summed E-state index contributed by atoms with van der Waals surface area (Å²) in [6, 6.07) is 17.1. The van der Waals surface area contributed by atoms with Crippen LogP contribution in [-0.4, -0.2) is 12.5 Å². The van der Waals surface area contributed by atoms with Gasteiger partial charge in [0.1, 0.15) is 12.4 Å². The molecule has 0 atom stereocenters. The molecule has 0 spiro atoms. The van der Waals surface area contributed by atoms with Crippen LogP contribution in [0.25, 0.3) is 0 Å². The molecule has 0 aliphatic heterocycles. The van der Waals surface area contributed by atoms with Crippen molar-refractivity contribution in [2.45, 2.75) is 0 Å². The Bertz CT molecular complexity index is 596. The van der Waals surface area contributed by atoms with Gasteiger partial charge >= 0.3 is 0 Å². The van der Waals surface area contributed by atoms with Gasteiger partial charge in [0, 0.05) is 9.65 Å². The Hall–Kier alpha value is -1.82. The normalized spacial score (nSPS) is 10.4. The van der Waals surface area contributed by atoms with E-state index in [9.17, 15) is 4.79 Å². The fourth-order valence-electron chi connectivity index (χ4n) is 1.55. The maximum absolute atomic E-state index is 11.7. The molecule has 0 bridgehead atoms. The van der Waals surface area contributed by atoms with Crippen LogP contribution in [0.5, 0.6) is 5.75 Å². The number of hydrogen-bond donors (Lipinski definition) is 1. The maximum Gasteiger partial charge on any atom is 0.248 e. The van der Waals surface area contributed by atoms with Crippen LogP contribution in [0.1, 0.15) is 0 Å². The fraction of sp³-hybridized carbons (Fsp3) is 0.0625.